The summed E-state index contributed by atoms with van der Waals surface area (Å²) in [5.41, 5.74) is 1.27. The molecule has 2 fully saturated rings. The van der Waals surface area contributed by atoms with Crippen LogP contribution in [0.5, 0.6) is 11.5 Å². The first-order valence-corrected chi connectivity index (χ1v) is 11.6. The van der Waals surface area contributed by atoms with E-state index in [1.807, 2.05) is 30.3 Å². The third-order valence-electron chi connectivity index (χ3n) is 6.86. The van der Waals surface area contributed by atoms with Gasteiger partial charge in [0.15, 0.2) is 11.5 Å². The Hall–Kier alpha value is -2.77. The van der Waals surface area contributed by atoms with Crippen LogP contribution in [0.3, 0.4) is 0 Å². The molecule has 7 nitrogen and oxygen atoms in total. The molecule has 0 unspecified atom stereocenters. The number of ether oxygens (including phenoxy) is 2. The molecule has 2 aliphatic heterocycles. The fraction of sp³-hybridized carbons (Fsp3) is 0.440. The van der Waals surface area contributed by atoms with Crippen molar-refractivity contribution >= 4 is 23.5 Å². The number of likely N-dealkylation sites (tertiary alicyclic amines) is 1. The largest absolute Gasteiger partial charge is 0.493 e. The molecule has 2 N–H and O–H groups in total. The minimum absolute atomic E-state index is 0.0739. The lowest BCUT2D eigenvalue weighted by molar-refractivity contribution is -0.127. The zero-order chi connectivity index (χ0) is 23.4. The molecule has 0 spiro atoms. The average molecular weight is 472 g/mol. The standard InChI is InChI=1S/C25H30ClN3O4/c1-32-20-9-8-18(21(26)22(20)33-2)16-29-14-11-19(12-15-29)25(23(30)27-24(31)28-25)13-10-17-6-4-3-5-7-17/h3-9,19H,10-16H2,1-2H3,(H2,27,28,30,31)/t25-/m1/s1. The molecule has 0 radical (unpaired) electrons. The Labute approximate surface area is 199 Å². The van der Waals surface area contributed by atoms with Crippen molar-refractivity contribution < 1.29 is 19.1 Å². The molecule has 1 atom stereocenters. The summed E-state index contributed by atoms with van der Waals surface area (Å²) in [6, 6.07) is 13.5. The fourth-order valence-corrected chi connectivity index (χ4v) is 5.33. The summed E-state index contributed by atoms with van der Waals surface area (Å²) in [4.78, 5) is 27.3. The number of nitrogens with one attached hydrogen (secondary N) is 2. The first kappa shape index (κ1) is 23.4. The van der Waals surface area contributed by atoms with Crippen LogP contribution in [0, 0.1) is 5.92 Å². The van der Waals surface area contributed by atoms with Gasteiger partial charge in [0, 0.05) is 6.54 Å². The predicted molar refractivity (Wildman–Crippen MR) is 127 cm³/mol. The second kappa shape index (κ2) is 10.0. The second-order valence-electron chi connectivity index (χ2n) is 8.69. The van der Waals surface area contributed by atoms with Crippen molar-refractivity contribution in [2.24, 2.45) is 5.92 Å². The van der Waals surface area contributed by atoms with Crippen molar-refractivity contribution in [1.82, 2.24) is 15.5 Å². The normalized spacial score (nSPS) is 21.5. The van der Waals surface area contributed by atoms with Crippen LogP contribution in [0.2, 0.25) is 5.02 Å². The summed E-state index contributed by atoms with van der Waals surface area (Å²) in [6.45, 7) is 2.30. The molecule has 0 bridgehead atoms. The number of aryl methyl sites for hydroxylation is 1. The van der Waals surface area contributed by atoms with Gasteiger partial charge in [0.25, 0.3) is 5.91 Å². The average Bonchev–Trinajstić information content (AvgIpc) is 3.13. The Morgan fingerprint density at radius 3 is 2.39 bits per heavy atom. The lowest BCUT2D eigenvalue weighted by Gasteiger charge is -2.41. The molecule has 0 aliphatic carbocycles. The molecule has 2 aliphatic rings. The number of benzene rings is 2. The Morgan fingerprint density at radius 1 is 1.06 bits per heavy atom. The van der Waals surface area contributed by atoms with Crippen LogP contribution in [0.1, 0.15) is 30.4 Å². The van der Waals surface area contributed by atoms with Gasteiger partial charge in [-0.05, 0) is 61.9 Å². The topological polar surface area (TPSA) is 79.9 Å². The van der Waals surface area contributed by atoms with E-state index in [1.165, 1.54) is 0 Å². The van der Waals surface area contributed by atoms with Crippen molar-refractivity contribution in [3.63, 3.8) is 0 Å². The van der Waals surface area contributed by atoms with Gasteiger partial charge in [0.1, 0.15) is 5.54 Å². The molecule has 2 aromatic rings. The molecule has 4 rings (SSSR count). The summed E-state index contributed by atoms with van der Waals surface area (Å²) >= 11 is 6.57. The van der Waals surface area contributed by atoms with Gasteiger partial charge in [0.2, 0.25) is 0 Å². The van der Waals surface area contributed by atoms with E-state index in [4.69, 9.17) is 21.1 Å². The summed E-state index contributed by atoms with van der Waals surface area (Å²) in [7, 11) is 3.17. The smallest absolute Gasteiger partial charge is 0.322 e. The minimum atomic E-state index is -0.861. The van der Waals surface area contributed by atoms with Gasteiger partial charge in [0.05, 0.1) is 19.2 Å². The van der Waals surface area contributed by atoms with Crippen molar-refractivity contribution in [3.05, 3.63) is 58.6 Å². The lowest BCUT2D eigenvalue weighted by atomic mass is 9.74. The number of piperidine rings is 1. The second-order valence-corrected chi connectivity index (χ2v) is 9.07. The van der Waals surface area contributed by atoms with Gasteiger partial charge in [-0.2, -0.15) is 0 Å². The number of urea groups is 1. The number of nitrogens with zero attached hydrogens (tertiary/aromatic N) is 1. The van der Waals surface area contributed by atoms with Crippen molar-refractivity contribution in [2.75, 3.05) is 27.3 Å². The van der Waals surface area contributed by atoms with Crippen LogP contribution in [-0.4, -0.2) is 49.7 Å². The maximum atomic E-state index is 12.9. The van der Waals surface area contributed by atoms with Gasteiger partial charge in [-0.25, -0.2) is 4.79 Å². The number of carbonyl (C=O) groups is 2. The molecule has 2 heterocycles. The molecular formula is C25H30ClN3O4. The maximum Gasteiger partial charge on any atom is 0.322 e. The number of hydrogen-bond donors (Lipinski definition) is 2. The number of carbonyl (C=O) groups excluding carboxylic acids is 2. The molecule has 8 heteroatoms. The molecule has 33 heavy (non-hydrogen) atoms. The molecule has 2 aromatic carbocycles. The number of halogens is 1. The van der Waals surface area contributed by atoms with Gasteiger partial charge in [-0.1, -0.05) is 48.0 Å². The highest BCUT2D eigenvalue weighted by Gasteiger charge is 2.51. The minimum Gasteiger partial charge on any atom is -0.493 e. The quantitative estimate of drug-likeness (QED) is 0.573. The predicted octanol–water partition coefficient (Wildman–Crippen LogP) is 3.78. The van der Waals surface area contributed by atoms with E-state index in [1.54, 1.807) is 14.2 Å². The summed E-state index contributed by atoms with van der Waals surface area (Å²) in [5, 5.41) is 6.02. The molecular weight excluding hydrogens is 442 g/mol. The third kappa shape index (κ3) is 4.80. The Morgan fingerprint density at radius 2 is 1.79 bits per heavy atom. The zero-order valence-corrected chi connectivity index (χ0v) is 19.8. The van der Waals surface area contributed by atoms with Crippen LogP contribution in [0.25, 0.3) is 0 Å². The molecule has 3 amide bonds. The Bertz CT molecular complexity index is 1010. The molecule has 0 saturated carbocycles. The number of imide groups is 1. The zero-order valence-electron chi connectivity index (χ0n) is 19.0. The fourth-order valence-electron chi connectivity index (χ4n) is 5.04. The number of rotatable bonds is 8. The van der Waals surface area contributed by atoms with Gasteiger partial charge >= 0.3 is 6.03 Å². The van der Waals surface area contributed by atoms with E-state index >= 15 is 0 Å². The monoisotopic (exact) mass is 471 g/mol. The number of methoxy groups -OCH3 is 2. The third-order valence-corrected chi connectivity index (χ3v) is 7.28. The SMILES string of the molecule is COc1ccc(CN2CCC([C@@]3(CCc4ccccc4)NC(=O)NC3=O)CC2)c(Cl)c1OC. The van der Waals surface area contributed by atoms with Crippen molar-refractivity contribution in [3.8, 4) is 11.5 Å². The summed E-state index contributed by atoms with van der Waals surface area (Å²) in [6.07, 6.45) is 2.94. The first-order valence-electron chi connectivity index (χ1n) is 11.3. The Balaban J connectivity index is 1.44. The van der Waals surface area contributed by atoms with Crippen molar-refractivity contribution in [2.45, 2.75) is 37.8 Å². The highest BCUT2D eigenvalue weighted by atomic mass is 35.5. The van der Waals surface area contributed by atoms with E-state index in [9.17, 15) is 9.59 Å². The van der Waals surface area contributed by atoms with Crippen LogP contribution in [0.4, 0.5) is 4.79 Å². The van der Waals surface area contributed by atoms with E-state index in [0.717, 1.165) is 43.5 Å². The highest BCUT2D eigenvalue weighted by molar-refractivity contribution is 6.33. The van der Waals surface area contributed by atoms with Gasteiger partial charge in [-0.15, -0.1) is 0 Å². The number of hydrogen-bond acceptors (Lipinski definition) is 5. The number of amides is 3. The first-order chi connectivity index (χ1) is 16.0. The van der Waals surface area contributed by atoms with E-state index < -0.39 is 11.6 Å². The highest BCUT2D eigenvalue weighted by Crippen LogP contribution is 2.39. The van der Waals surface area contributed by atoms with Gasteiger partial charge < -0.3 is 14.8 Å². The van der Waals surface area contributed by atoms with Crippen molar-refractivity contribution in [1.29, 1.82) is 0 Å². The van der Waals surface area contributed by atoms with Crippen LogP contribution < -0.4 is 20.1 Å². The summed E-state index contributed by atoms with van der Waals surface area (Å²) in [5.74, 6) is 1.01. The van der Waals surface area contributed by atoms with Crippen LogP contribution in [-0.2, 0) is 17.8 Å². The summed E-state index contributed by atoms with van der Waals surface area (Å²) < 4.78 is 10.7. The van der Waals surface area contributed by atoms with E-state index in [-0.39, 0.29) is 11.8 Å². The Kier molecular flexibility index (Phi) is 7.10. The van der Waals surface area contributed by atoms with E-state index in [2.05, 4.69) is 27.7 Å². The maximum absolute atomic E-state index is 12.9. The van der Waals surface area contributed by atoms with Gasteiger partial charge in [-0.3, -0.25) is 15.0 Å². The van der Waals surface area contributed by atoms with Crippen LogP contribution >= 0.6 is 11.6 Å². The molecule has 2 saturated heterocycles. The van der Waals surface area contributed by atoms with E-state index in [0.29, 0.717) is 29.5 Å². The molecule has 0 aromatic heterocycles. The van der Waals surface area contributed by atoms with Crippen LogP contribution in [0.15, 0.2) is 42.5 Å². The lowest BCUT2D eigenvalue weighted by Crippen LogP contribution is -2.56. The molecule has 176 valence electrons.